The zero-order chi connectivity index (χ0) is 15.5. The Bertz CT molecular complexity index is 722. The van der Waals surface area contributed by atoms with Gasteiger partial charge in [-0.15, -0.1) is 0 Å². The molecule has 0 spiro atoms. The Labute approximate surface area is 127 Å². The standard InChI is InChI=1S/C17H17FN2O2/c1-20(10-15(21)12-6-8-13(18)9-7-12)11-17-19-14-4-2-3-5-16(14)22-17/h2-9,15,21H,10-11H2,1H3. The zero-order valence-electron chi connectivity index (χ0n) is 12.2. The van der Waals surface area contributed by atoms with Gasteiger partial charge in [0.2, 0.25) is 5.89 Å². The SMILES string of the molecule is CN(Cc1nc2ccccc2o1)CC(O)c1ccc(F)cc1. The number of fused-ring (bicyclic) bond motifs is 1. The highest BCUT2D eigenvalue weighted by molar-refractivity contribution is 5.72. The van der Waals surface area contributed by atoms with Gasteiger partial charge in [-0.25, -0.2) is 9.37 Å². The fraction of sp³-hybridized carbons (Fsp3) is 0.235. The molecule has 0 aliphatic heterocycles. The highest BCUT2D eigenvalue weighted by Gasteiger charge is 2.13. The Balaban J connectivity index is 1.64. The zero-order valence-corrected chi connectivity index (χ0v) is 12.2. The molecule has 0 radical (unpaired) electrons. The van der Waals surface area contributed by atoms with Crippen LogP contribution in [-0.4, -0.2) is 28.6 Å². The molecule has 0 amide bonds. The number of likely N-dealkylation sites (N-methyl/N-ethyl adjacent to an activating group) is 1. The van der Waals surface area contributed by atoms with E-state index in [0.717, 1.165) is 11.1 Å². The predicted molar refractivity (Wildman–Crippen MR) is 81.7 cm³/mol. The highest BCUT2D eigenvalue weighted by atomic mass is 19.1. The maximum absolute atomic E-state index is 12.9. The first-order chi connectivity index (χ1) is 10.6. The molecule has 22 heavy (non-hydrogen) atoms. The second-order valence-electron chi connectivity index (χ2n) is 5.34. The van der Waals surface area contributed by atoms with E-state index >= 15 is 0 Å². The molecule has 0 aliphatic carbocycles. The Morgan fingerprint density at radius 3 is 2.64 bits per heavy atom. The summed E-state index contributed by atoms with van der Waals surface area (Å²) in [5.41, 5.74) is 2.26. The number of aliphatic hydroxyl groups is 1. The minimum Gasteiger partial charge on any atom is -0.439 e. The molecule has 5 heteroatoms. The van der Waals surface area contributed by atoms with Crippen LogP contribution >= 0.6 is 0 Å². The van der Waals surface area contributed by atoms with Gasteiger partial charge in [-0.05, 0) is 36.9 Å². The summed E-state index contributed by atoms with van der Waals surface area (Å²) < 4.78 is 18.5. The summed E-state index contributed by atoms with van der Waals surface area (Å²) in [5.74, 6) is 0.297. The number of nitrogens with zero attached hydrogens (tertiary/aromatic N) is 2. The van der Waals surface area contributed by atoms with Crippen LogP contribution in [0, 0.1) is 5.82 Å². The monoisotopic (exact) mass is 300 g/mol. The second-order valence-corrected chi connectivity index (χ2v) is 5.34. The van der Waals surface area contributed by atoms with E-state index in [1.807, 2.05) is 36.2 Å². The van der Waals surface area contributed by atoms with Gasteiger partial charge in [0.1, 0.15) is 11.3 Å². The summed E-state index contributed by atoms with van der Waals surface area (Å²) >= 11 is 0. The molecule has 3 aromatic rings. The van der Waals surface area contributed by atoms with E-state index in [0.29, 0.717) is 24.5 Å². The molecule has 1 atom stereocenters. The number of hydrogen-bond acceptors (Lipinski definition) is 4. The second kappa shape index (κ2) is 6.25. The van der Waals surface area contributed by atoms with Gasteiger partial charge in [-0.1, -0.05) is 24.3 Å². The largest absolute Gasteiger partial charge is 0.439 e. The first-order valence-corrected chi connectivity index (χ1v) is 7.08. The van der Waals surface area contributed by atoms with Crippen LogP contribution in [0.4, 0.5) is 4.39 Å². The molecule has 114 valence electrons. The average molecular weight is 300 g/mol. The van der Waals surface area contributed by atoms with Gasteiger partial charge < -0.3 is 9.52 Å². The third-order valence-electron chi connectivity index (χ3n) is 3.48. The van der Waals surface area contributed by atoms with E-state index in [1.165, 1.54) is 12.1 Å². The molecule has 0 saturated carbocycles. The van der Waals surface area contributed by atoms with Crippen molar-refractivity contribution < 1.29 is 13.9 Å². The fourth-order valence-electron chi connectivity index (χ4n) is 2.37. The van der Waals surface area contributed by atoms with Crippen molar-refractivity contribution in [3.05, 3.63) is 65.8 Å². The number of aromatic nitrogens is 1. The summed E-state index contributed by atoms with van der Waals surface area (Å²) in [6.45, 7) is 0.900. The van der Waals surface area contributed by atoms with Crippen molar-refractivity contribution >= 4 is 11.1 Å². The van der Waals surface area contributed by atoms with E-state index < -0.39 is 6.10 Å². The van der Waals surface area contributed by atoms with Gasteiger partial charge in [0.05, 0.1) is 12.6 Å². The Hall–Kier alpha value is -2.24. The third kappa shape index (κ3) is 3.32. The van der Waals surface area contributed by atoms with Crippen LogP contribution in [0.2, 0.25) is 0 Å². The number of rotatable bonds is 5. The van der Waals surface area contributed by atoms with Crippen LogP contribution in [0.3, 0.4) is 0 Å². The van der Waals surface area contributed by atoms with Crippen LogP contribution < -0.4 is 0 Å². The van der Waals surface area contributed by atoms with Gasteiger partial charge in [-0.2, -0.15) is 0 Å². The van der Waals surface area contributed by atoms with Crippen molar-refractivity contribution in [3.8, 4) is 0 Å². The molecule has 3 rings (SSSR count). The van der Waals surface area contributed by atoms with Gasteiger partial charge in [0, 0.05) is 6.54 Å². The van der Waals surface area contributed by atoms with Crippen molar-refractivity contribution in [3.63, 3.8) is 0 Å². The number of oxazole rings is 1. The molecule has 1 heterocycles. The van der Waals surface area contributed by atoms with E-state index in [2.05, 4.69) is 4.98 Å². The molecule has 0 saturated heterocycles. The Kier molecular flexibility index (Phi) is 4.18. The van der Waals surface area contributed by atoms with Crippen LogP contribution in [0.5, 0.6) is 0 Å². The van der Waals surface area contributed by atoms with Crippen LogP contribution in [0.25, 0.3) is 11.1 Å². The summed E-state index contributed by atoms with van der Waals surface area (Å²) in [6.07, 6.45) is -0.685. The quantitative estimate of drug-likeness (QED) is 0.786. The molecule has 0 fully saturated rings. The number of hydrogen-bond donors (Lipinski definition) is 1. The van der Waals surface area contributed by atoms with E-state index in [-0.39, 0.29) is 5.82 Å². The van der Waals surface area contributed by atoms with Crippen molar-refractivity contribution in [2.75, 3.05) is 13.6 Å². The molecule has 0 bridgehead atoms. The molecule has 0 aliphatic rings. The molecular formula is C17H17FN2O2. The van der Waals surface area contributed by atoms with Gasteiger partial charge in [-0.3, -0.25) is 4.90 Å². The molecule has 2 aromatic carbocycles. The number of halogens is 1. The van der Waals surface area contributed by atoms with E-state index in [1.54, 1.807) is 12.1 Å². The van der Waals surface area contributed by atoms with Crippen LogP contribution in [-0.2, 0) is 6.54 Å². The molecule has 4 nitrogen and oxygen atoms in total. The molecular weight excluding hydrogens is 283 g/mol. The summed E-state index contributed by atoms with van der Waals surface area (Å²) in [4.78, 5) is 6.32. The predicted octanol–water partition coefficient (Wildman–Crippen LogP) is 3.13. The van der Waals surface area contributed by atoms with E-state index in [4.69, 9.17) is 4.42 Å². The smallest absolute Gasteiger partial charge is 0.209 e. The van der Waals surface area contributed by atoms with Crippen LogP contribution in [0.15, 0.2) is 52.9 Å². The first kappa shape index (κ1) is 14.7. The highest BCUT2D eigenvalue weighted by Crippen LogP contribution is 2.18. The Morgan fingerprint density at radius 2 is 1.91 bits per heavy atom. The molecule has 1 N–H and O–H groups in total. The first-order valence-electron chi connectivity index (χ1n) is 7.08. The summed E-state index contributed by atoms with van der Waals surface area (Å²) in [5, 5.41) is 10.2. The van der Waals surface area contributed by atoms with Crippen molar-refractivity contribution in [2.24, 2.45) is 0 Å². The minimum absolute atomic E-state index is 0.309. The lowest BCUT2D eigenvalue weighted by Gasteiger charge is -2.19. The van der Waals surface area contributed by atoms with Crippen LogP contribution in [0.1, 0.15) is 17.6 Å². The van der Waals surface area contributed by atoms with Crippen molar-refractivity contribution in [2.45, 2.75) is 12.6 Å². The lowest BCUT2D eigenvalue weighted by atomic mass is 10.1. The number of benzene rings is 2. The van der Waals surface area contributed by atoms with Gasteiger partial charge in [0.15, 0.2) is 5.58 Å². The maximum Gasteiger partial charge on any atom is 0.209 e. The van der Waals surface area contributed by atoms with Gasteiger partial charge in [0.25, 0.3) is 0 Å². The topological polar surface area (TPSA) is 49.5 Å². The number of para-hydroxylation sites is 2. The lowest BCUT2D eigenvalue weighted by Crippen LogP contribution is -2.24. The third-order valence-corrected chi connectivity index (χ3v) is 3.48. The Morgan fingerprint density at radius 1 is 1.18 bits per heavy atom. The number of aliphatic hydroxyl groups excluding tert-OH is 1. The molecule has 1 aromatic heterocycles. The normalized spacial score (nSPS) is 12.9. The van der Waals surface area contributed by atoms with Crippen molar-refractivity contribution in [1.29, 1.82) is 0 Å². The maximum atomic E-state index is 12.9. The summed E-state index contributed by atoms with van der Waals surface area (Å²) in [6, 6.07) is 13.5. The van der Waals surface area contributed by atoms with E-state index in [9.17, 15) is 9.50 Å². The average Bonchev–Trinajstić information content (AvgIpc) is 2.89. The lowest BCUT2D eigenvalue weighted by molar-refractivity contribution is 0.119. The fourth-order valence-corrected chi connectivity index (χ4v) is 2.37. The molecule has 1 unspecified atom stereocenters. The van der Waals surface area contributed by atoms with Gasteiger partial charge >= 0.3 is 0 Å². The summed E-state index contributed by atoms with van der Waals surface area (Å²) in [7, 11) is 1.88. The van der Waals surface area contributed by atoms with Crippen molar-refractivity contribution in [1.82, 2.24) is 9.88 Å². The minimum atomic E-state index is -0.685.